The van der Waals surface area contributed by atoms with Crippen molar-refractivity contribution >= 4 is 39.2 Å². The third-order valence-electron chi connectivity index (χ3n) is 3.84. The summed E-state index contributed by atoms with van der Waals surface area (Å²) in [5.41, 5.74) is 2.49. The van der Waals surface area contributed by atoms with Gasteiger partial charge in [0.1, 0.15) is 0 Å². The van der Waals surface area contributed by atoms with Crippen LogP contribution in [-0.4, -0.2) is 28.2 Å². The first-order chi connectivity index (χ1) is 11.9. The molecule has 132 valence electrons. The number of nitrogens with one attached hydrogen (secondary N) is 4. The van der Waals surface area contributed by atoms with E-state index in [9.17, 15) is 9.59 Å². The fourth-order valence-corrected chi connectivity index (χ4v) is 3.10. The van der Waals surface area contributed by atoms with E-state index >= 15 is 0 Å². The number of carbonyl (C=O) groups excluding carboxylic acids is 2. The van der Waals surface area contributed by atoms with Gasteiger partial charge in [0.2, 0.25) is 0 Å². The van der Waals surface area contributed by atoms with Gasteiger partial charge in [-0.2, -0.15) is 5.10 Å². The molecule has 1 fully saturated rings. The van der Waals surface area contributed by atoms with E-state index < -0.39 is 0 Å². The van der Waals surface area contributed by atoms with E-state index in [2.05, 4.69) is 42.1 Å². The fraction of sp³-hybridized carbons (Fsp3) is 0.353. The molecule has 0 spiro atoms. The van der Waals surface area contributed by atoms with Crippen LogP contribution in [0.3, 0.4) is 0 Å². The number of carbonyl (C=O) groups is 2. The van der Waals surface area contributed by atoms with E-state index in [1.165, 1.54) is 0 Å². The van der Waals surface area contributed by atoms with Crippen LogP contribution in [-0.2, 0) is 0 Å². The molecule has 4 N–H and O–H groups in total. The first kappa shape index (κ1) is 17.5. The lowest BCUT2D eigenvalue weighted by Gasteiger charge is -2.08. The molecule has 1 aromatic carbocycles. The van der Waals surface area contributed by atoms with Gasteiger partial charge in [-0.15, -0.1) is 0 Å². The van der Waals surface area contributed by atoms with Gasteiger partial charge < -0.3 is 16.0 Å². The van der Waals surface area contributed by atoms with Gasteiger partial charge in [0.05, 0.1) is 10.2 Å². The number of urea groups is 1. The third-order valence-corrected chi connectivity index (χ3v) is 4.64. The molecule has 1 saturated carbocycles. The summed E-state index contributed by atoms with van der Waals surface area (Å²) in [6, 6.07) is 7.04. The molecule has 1 aliphatic rings. The zero-order valence-corrected chi connectivity index (χ0v) is 15.6. The molecule has 7 nitrogen and oxygen atoms in total. The van der Waals surface area contributed by atoms with E-state index in [0.717, 1.165) is 18.5 Å². The van der Waals surface area contributed by atoms with Gasteiger partial charge in [-0.05, 0) is 59.0 Å². The number of rotatable bonds is 5. The van der Waals surface area contributed by atoms with Crippen molar-refractivity contribution in [1.29, 1.82) is 0 Å². The Morgan fingerprint density at radius 1 is 1.16 bits per heavy atom. The minimum absolute atomic E-state index is 0.207. The minimum Gasteiger partial charge on any atom is -0.335 e. The normalized spacial score (nSPS) is 13.6. The fourth-order valence-electron chi connectivity index (χ4n) is 2.28. The number of H-pyrrole nitrogens is 1. The number of amides is 3. The van der Waals surface area contributed by atoms with E-state index in [-0.39, 0.29) is 17.9 Å². The summed E-state index contributed by atoms with van der Waals surface area (Å²) in [5.74, 6) is -0.0715. The van der Waals surface area contributed by atoms with Crippen molar-refractivity contribution in [3.05, 3.63) is 40.1 Å². The van der Waals surface area contributed by atoms with E-state index in [1.807, 2.05) is 13.8 Å². The first-order valence-corrected chi connectivity index (χ1v) is 8.96. The Morgan fingerprint density at radius 2 is 1.76 bits per heavy atom. The van der Waals surface area contributed by atoms with Gasteiger partial charge in [0, 0.05) is 17.4 Å². The lowest BCUT2D eigenvalue weighted by molar-refractivity contribution is 0.102. The minimum atomic E-state index is -0.304. The number of anilines is 2. The zero-order chi connectivity index (χ0) is 18.0. The molecule has 3 amide bonds. The molecule has 0 saturated heterocycles. The van der Waals surface area contributed by atoms with Crippen LogP contribution in [0.25, 0.3) is 0 Å². The van der Waals surface area contributed by atoms with Crippen LogP contribution < -0.4 is 16.0 Å². The summed E-state index contributed by atoms with van der Waals surface area (Å²) in [4.78, 5) is 24.1. The van der Waals surface area contributed by atoms with E-state index in [0.29, 0.717) is 27.6 Å². The number of hydrogen-bond acceptors (Lipinski definition) is 3. The molecular weight excluding hydrogens is 386 g/mol. The second-order valence-corrected chi connectivity index (χ2v) is 7.15. The predicted octanol–water partition coefficient (Wildman–Crippen LogP) is 3.83. The SMILES string of the molecule is CC(C)c1[nH]nc(C(=O)Nc2ccc(NC(=O)NC3CC3)cc2)c1Br. The molecule has 8 heteroatoms. The van der Waals surface area contributed by atoms with Crippen molar-refractivity contribution in [3.63, 3.8) is 0 Å². The lowest BCUT2D eigenvalue weighted by Crippen LogP contribution is -2.30. The van der Waals surface area contributed by atoms with Crippen LogP contribution in [0.5, 0.6) is 0 Å². The number of nitrogens with zero attached hydrogens (tertiary/aromatic N) is 1. The summed E-state index contributed by atoms with van der Waals surface area (Å²) in [7, 11) is 0. The largest absolute Gasteiger partial charge is 0.335 e. The second-order valence-electron chi connectivity index (χ2n) is 6.36. The Bertz CT molecular complexity index is 781. The third kappa shape index (κ3) is 4.39. The monoisotopic (exact) mass is 405 g/mol. The first-order valence-electron chi connectivity index (χ1n) is 8.16. The van der Waals surface area contributed by atoms with Crippen molar-refractivity contribution in [2.45, 2.75) is 38.6 Å². The topological polar surface area (TPSA) is 98.9 Å². The highest BCUT2D eigenvalue weighted by molar-refractivity contribution is 9.10. The Labute approximate surface area is 154 Å². The lowest BCUT2D eigenvalue weighted by atomic mass is 10.1. The highest BCUT2D eigenvalue weighted by Gasteiger charge is 2.23. The number of benzene rings is 1. The number of halogens is 1. The Kier molecular flexibility index (Phi) is 5.08. The van der Waals surface area contributed by atoms with Crippen molar-refractivity contribution in [2.75, 3.05) is 10.6 Å². The molecule has 0 bridgehead atoms. The maximum absolute atomic E-state index is 12.4. The quantitative estimate of drug-likeness (QED) is 0.607. The van der Waals surface area contributed by atoms with Crippen LogP contribution in [0, 0.1) is 0 Å². The van der Waals surface area contributed by atoms with Crippen LogP contribution in [0.15, 0.2) is 28.7 Å². The van der Waals surface area contributed by atoms with Crippen molar-refractivity contribution in [2.24, 2.45) is 0 Å². The highest BCUT2D eigenvalue weighted by Crippen LogP contribution is 2.26. The molecule has 1 aliphatic carbocycles. The average Bonchev–Trinajstić information content (AvgIpc) is 3.27. The van der Waals surface area contributed by atoms with Gasteiger partial charge in [-0.1, -0.05) is 13.8 Å². The highest BCUT2D eigenvalue weighted by atomic mass is 79.9. The molecule has 0 atom stereocenters. The number of aromatic amines is 1. The average molecular weight is 406 g/mol. The Morgan fingerprint density at radius 3 is 2.28 bits per heavy atom. The maximum Gasteiger partial charge on any atom is 0.319 e. The molecule has 0 aliphatic heterocycles. The van der Waals surface area contributed by atoms with Gasteiger partial charge in [0.25, 0.3) is 5.91 Å². The molecule has 25 heavy (non-hydrogen) atoms. The molecular formula is C17H20BrN5O2. The molecule has 2 aromatic rings. The van der Waals surface area contributed by atoms with Gasteiger partial charge in [-0.3, -0.25) is 9.89 Å². The van der Waals surface area contributed by atoms with Crippen molar-refractivity contribution < 1.29 is 9.59 Å². The molecule has 0 unspecified atom stereocenters. The summed E-state index contributed by atoms with van der Waals surface area (Å²) < 4.78 is 0.676. The van der Waals surface area contributed by atoms with Crippen molar-refractivity contribution in [1.82, 2.24) is 15.5 Å². The van der Waals surface area contributed by atoms with Gasteiger partial charge in [0.15, 0.2) is 5.69 Å². The van der Waals surface area contributed by atoms with Crippen LogP contribution in [0.1, 0.15) is 48.8 Å². The summed E-state index contributed by atoms with van der Waals surface area (Å²) in [6.45, 7) is 4.04. The smallest absolute Gasteiger partial charge is 0.319 e. The summed E-state index contributed by atoms with van der Waals surface area (Å²) >= 11 is 3.42. The summed E-state index contributed by atoms with van der Waals surface area (Å²) in [6.07, 6.45) is 2.08. The zero-order valence-electron chi connectivity index (χ0n) is 14.0. The second kappa shape index (κ2) is 7.26. The molecule has 1 heterocycles. The molecule has 3 rings (SSSR count). The number of aromatic nitrogens is 2. The standard InChI is InChI=1S/C17H20BrN5O2/c1-9(2)14-13(18)15(23-22-14)16(24)19-10-3-5-11(6-4-10)20-17(25)21-12-7-8-12/h3-6,9,12H,7-8H2,1-2H3,(H,19,24)(H,22,23)(H2,20,21,25). The molecule has 1 aromatic heterocycles. The Balaban J connectivity index is 1.60. The van der Waals surface area contributed by atoms with E-state index in [4.69, 9.17) is 0 Å². The molecule has 0 radical (unpaired) electrons. The maximum atomic E-state index is 12.4. The van der Waals surface area contributed by atoms with Crippen LogP contribution in [0.4, 0.5) is 16.2 Å². The Hall–Kier alpha value is -2.35. The van der Waals surface area contributed by atoms with Gasteiger partial charge in [-0.25, -0.2) is 4.79 Å². The van der Waals surface area contributed by atoms with E-state index in [1.54, 1.807) is 24.3 Å². The van der Waals surface area contributed by atoms with Crippen LogP contribution >= 0.6 is 15.9 Å². The number of hydrogen-bond donors (Lipinski definition) is 4. The predicted molar refractivity (Wildman–Crippen MR) is 99.9 cm³/mol. The summed E-state index contributed by atoms with van der Waals surface area (Å²) in [5, 5.41) is 15.4. The van der Waals surface area contributed by atoms with Crippen molar-refractivity contribution in [3.8, 4) is 0 Å². The van der Waals surface area contributed by atoms with Crippen LogP contribution in [0.2, 0.25) is 0 Å². The van der Waals surface area contributed by atoms with Gasteiger partial charge >= 0.3 is 6.03 Å².